The Morgan fingerprint density at radius 2 is 2.15 bits per heavy atom. The number of aliphatic hydroxyl groups is 1. The SMILES string of the molecule is Cc1cc(C[C@@H]2CN(C(=O)c3cc(=O)c4ccccc4o3)C[C@@H]2O)n[nH]1. The number of likely N-dealkylation sites (tertiary alicyclic amines) is 1. The monoisotopic (exact) mass is 353 g/mol. The minimum absolute atomic E-state index is 0.00263. The zero-order valence-electron chi connectivity index (χ0n) is 14.3. The van der Waals surface area contributed by atoms with Gasteiger partial charge in [0.15, 0.2) is 11.2 Å². The second kappa shape index (κ2) is 6.42. The van der Waals surface area contributed by atoms with Crippen LogP contribution in [0.25, 0.3) is 11.0 Å². The number of hydrogen-bond donors (Lipinski definition) is 2. The van der Waals surface area contributed by atoms with Crippen molar-refractivity contribution in [1.82, 2.24) is 15.1 Å². The number of amides is 1. The zero-order valence-corrected chi connectivity index (χ0v) is 14.3. The lowest BCUT2D eigenvalue weighted by Gasteiger charge is -2.15. The topological polar surface area (TPSA) is 99.4 Å². The van der Waals surface area contributed by atoms with Crippen LogP contribution in [0.1, 0.15) is 21.9 Å². The van der Waals surface area contributed by atoms with Crippen molar-refractivity contribution in [1.29, 1.82) is 0 Å². The third kappa shape index (κ3) is 3.01. The predicted octanol–water partition coefficient (Wildman–Crippen LogP) is 1.50. The van der Waals surface area contributed by atoms with E-state index < -0.39 is 6.10 Å². The van der Waals surface area contributed by atoms with Crippen molar-refractivity contribution in [3.05, 3.63) is 63.8 Å². The van der Waals surface area contributed by atoms with Crippen LogP contribution in [-0.4, -0.2) is 45.3 Å². The second-order valence-electron chi connectivity index (χ2n) is 6.76. The molecule has 3 aromatic rings. The molecule has 0 bridgehead atoms. The molecule has 0 aliphatic carbocycles. The molecule has 2 N–H and O–H groups in total. The maximum atomic E-state index is 12.8. The minimum Gasteiger partial charge on any atom is -0.451 e. The lowest BCUT2D eigenvalue weighted by atomic mass is 10.0. The van der Waals surface area contributed by atoms with Crippen molar-refractivity contribution in [3.63, 3.8) is 0 Å². The molecule has 1 amide bonds. The molecule has 1 aliphatic heterocycles. The molecule has 4 rings (SSSR count). The van der Waals surface area contributed by atoms with Crippen LogP contribution < -0.4 is 5.43 Å². The van der Waals surface area contributed by atoms with Crippen LogP contribution in [0.2, 0.25) is 0 Å². The van der Waals surface area contributed by atoms with Crippen molar-refractivity contribution in [2.75, 3.05) is 13.1 Å². The van der Waals surface area contributed by atoms with E-state index >= 15 is 0 Å². The fourth-order valence-corrected chi connectivity index (χ4v) is 3.43. The normalized spacial score (nSPS) is 20.0. The summed E-state index contributed by atoms with van der Waals surface area (Å²) in [5, 5.41) is 17.8. The molecule has 2 aromatic heterocycles. The van der Waals surface area contributed by atoms with E-state index in [1.54, 1.807) is 24.3 Å². The maximum Gasteiger partial charge on any atom is 0.289 e. The Hall–Kier alpha value is -2.93. The van der Waals surface area contributed by atoms with Gasteiger partial charge in [0.1, 0.15) is 5.58 Å². The highest BCUT2D eigenvalue weighted by atomic mass is 16.3. The Kier molecular flexibility index (Phi) is 4.08. The molecule has 0 unspecified atom stereocenters. The molecule has 26 heavy (non-hydrogen) atoms. The van der Waals surface area contributed by atoms with Crippen molar-refractivity contribution in [2.24, 2.45) is 5.92 Å². The lowest BCUT2D eigenvalue weighted by molar-refractivity contribution is 0.0734. The number of nitrogens with one attached hydrogen (secondary N) is 1. The van der Waals surface area contributed by atoms with Crippen LogP contribution >= 0.6 is 0 Å². The summed E-state index contributed by atoms with van der Waals surface area (Å²) >= 11 is 0. The maximum absolute atomic E-state index is 12.8. The number of benzene rings is 1. The fourth-order valence-electron chi connectivity index (χ4n) is 3.43. The molecular weight excluding hydrogens is 334 g/mol. The first-order valence-corrected chi connectivity index (χ1v) is 8.52. The van der Waals surface area contributed by atoms with Crippen molar-refractivity contribution < 1.29 is 14.3 Å². The van der Waals surface area contributed by atoms with Gasteiger partial charge in [-0.2, -0.15) is 5.10 Å². The highest BCUT2D eigenvalue weighted by molar-refractivity contribution is 5.93. The number of carbonyl (C=O) groups excluding carboxylic acids is 1. The van der Waals surface area contributed by atoms with Gasteiger partial charge in [-0.3, -0.25) is 14.7 Å². The quantitative estimate of drug-likeness (QED) is 0.743. The molecule has 3 heterocycles. The van der Waals surface area contributed by atoms with Crippen molar-refractivity contribution >= 4 is 16.9 Å². The van der Waals surface area contributed by atoms with Gasteiger partial charge in [-0.05, 0) is 31.5 Å². The summed E-state index contributed by atoms with van der Waals surface area (Å²) in [6, 6.07) is 9.98. The highest BCUT2D eigenvalue weighted by Gasteiger charge is 2.35. The molecule has 1 aromatic carbocycles. The number of hydrogen-bond acceptors (Lipinski definition) is 5. The summed E-state index contributed by atoms with van der Waals surface area (Å²) in [7, 11) is 0. The summed E-state index contributed by atoms with van der Waals surface area (Å²) in [6.45, 7) is 2.52. The molecular formula is C19H19N3O4. The van der Waals surface area contributed by atoms with Crippen LogP contribution in [0, 0.1) is 12.8 Å². The number of aromatic nitrogens is 2. The van der Waals surface area contributed by atoms with Crippen LogP contribution in [0.3, 0.4) is 0 Å². The molecule has 0 radical (unpaired) electrons. The molecule has 7 heteroatoms. The van der Waals surface area contributed by atoms with Gasteiger partial charge < -0.3 is 14.4 Å². The molecule has 7 nitrogen and oxygen atoms in total. The van der Waals surface area contributed by atoms with Gasteiger partial charge in [0, 0.05) is 30.8 Å². The highest BCUT2D eigenvalue weighted by Crippen LogP contribution is 2.23. The van der Waals surface area contributed by atoms with Gasteiger partial charge in [-0.1, -0.05) is 12.1 Å². The number of H-pyrrole nitrogens is 1. The molecule has 134 valence electrons. The molecule has 1 aliphatic rings. The second-order valence-corrected chi connectivity index (χ2v) is 6.76. The van der Waals surface area contributed by atoms with Crippen LogP contribution in [0.4, 0.5) is 0 Å². The van der Waals surface area contributed by atoms with Gasteiger partial charge in [-0.25, -0.2) is 0 Å². The minimum atomic E-state index is -0.636. The predicted molar refractivity (Wildman–Crippen MR) is 94.9 cm³/mol. The number of para-hydroxylation sites is 1. The first-order valence-electron chi connectivity index (χ1n) is 8.52. The van der Waals surface area contributed by atoms with E-state index in [9.17, 15) is 14.7 Å². The van der Waals surface area contributed by atoms with Gasteiger partial charge >= 0.3 is 0 Å². The average molecular weight is 353 g/mol. The van der Waals surface area contributed by atoms with Gasteiger partial charge in [0.05, 0.1) is 17.2 Å². The lowest BCUT2D eigenvalue weighted by Crippen LogP contribution is -2.30. The third-order valence-electron chi connectivity index (χ3n) is 4.77. The number of aliphatic hydroxyl groups excluding tert-OH is 1. The number of carbonyl (C=O) groups is 1. The molecule has 0 spiro atoms. The van der Waals surface area contributed by atoms with Crippen LogP contribution in [0.15, 0.2) is 45.6 Å². The molecule has 0 saturated carbocycles. The number of β-amino-alcohol motifs (C(OH)–C–C–N with tert-alkyl or cyclic N) is 1. The number of aryl methyl sites for hydroxylation is 1. The van der Waals surface area contributed by atoms with E-state index in [2.05, 4.69) is 10.2 Å². The summed E-state index contributed by atoms with van der Waals surface area (Å²) in [5.74, 6) is -0.487. The third-order valence-corrected chi connectivity index (χ3v) is 4.77. The van der Waals surface area contributed by atoms with E-state index in [1.165, 1.54) is 11.0 Å². The van der Waals surface area contributed by atoms with Crippen molar-refractivity contribution in [2.45, 2.75) is 19.4 Å². The van der Waals surface area contributed by atoms with Crippen LogP contribution in [-0.2, 0) is 6.42 Å². The first kappa shape index (κ1) is 16.5. The summed E-state index contributed by atoms with van der Waals surface area (Å²) < 4.78 is 5.62. The zero-order chi connectivity index (χ0) is 18.3. The van der Waals surface area contributed by atoms with E-state index in [1.807, 2.05) is 13.0 Å². The fraction of sp³-hybridized carbons (Fsp3) is 0.316. The number of fused-ring (bicyclic) bond motifs is 1. The molecule has 1 saturated heterocycles. The Morgan fingerprint density at radius 1 is 1.35 bits per heavy atom. The van der Waals surface area contributed by atoms with Gasteiger partial charge in [0.2, 0.25) is 0 Å². The Labute approximate surface area is 149 Å². The number of rotatable bonds is 3. The standard InChI is InChI=1S/C19H19N3O4/c1-11-6-13(21-20-11)7-12-9-22(10-16(12)24)19(25)18-8-15(23)14-4-2-3-5-17(14)26-18/h2-6,8,12,16,24H,7,9-10H2,1H3,(H,20,21)/t12-,16+/m1/s1. The Bertz CT molecular complexity index is 1020. The summed E-state index contributed by atoms with van der Waals surface area (Å²) in [6.07, 6.45) is -0.0557. The van der Waals surface area contributed by atoms with Gasteiger partial charge in [-0.15, -0.1) is 0 Å². The Balaban J connectivity index is 1.54. The molecule has 2 atom stereocenters. The van der Waals surface area contributed by atoms with E-state index in [0.717, 1.165) is 11.4 Å². The summed E-state index contributed by atoms with van der Waals surface area (Å²) in [4.78, 5) is 26.5. The first-order chi connectivity index (χ1) is 12.5. The largest absolute Gasteiger partial charge is 0.451 e. The van der Waals surface area contributed by atoms with Gasteiger partial charge in [0.25, 0.3) is 5.91 Å². The number of nitrogens with zero attached hydrogens (tertiary/aromatic N) is 2. The summed E-state index contributed by atoms with van der Waals surface area (Å²) in [5.41, 5.74) is 1.95. The number of aromatic amines is 1. The van der Waals surface area contributed by atoms with Crippen molar-refractivity contribution in [3.8, 4) is 0 Å². The Morgan fingerprint density at radius 3 is 2.92 bits per heavy atom. The van der Waals surface area contributed by atoms with E-state index in [4.69, 9.17) is 4.42 Å². The van der Waals surface area contributed by atoms with E-state index in [0.29, 0.717) is 23.9 Å². The molecule has 1 fully saturated rings. The van der Waals surface area contributed by atoms with E-state index in [-0.39, 0.29) is 29.6 Å². The average Bonchev–Trinajstić information content (AvgIpc) is 3.20. The smallest absolute Gasteiger partial charge is 0.289 e. The van der Waals surface area contributed by atoms with Crippen LogP contribution in [0.5, 0.6) is 0 Å².